The zero-order valence-corrected chi connectivity index (χ0v) is 11.6. The van der Waals surface area contributed by atoms with Crippen molar-refractivity contribution in [1.29, 1.82) is 0 Å². The SMILES string of the molecule is CC1Cc2cc(C(Cl)c3c(F)cccc3F)ccc2O1. The Balaban J connectivity index is 2.00. The summed E-state index contributed by atoms with van der Waals surface area (Å²) >= 11 is 6.26. The molecule has 2 unspecified atom stereocenters. The van der Waals surface area contributed by atoms with E-state index in [1.807, 2.05) is 19.1 Å². The van der Waals surface area contributed by atoms with Crippen molar-refractivity contribution in [2.75, 3.05) is 0 Å². The molecule has 0 radical (unpaired) electrons. The lowest BCUT2D eigenvalue weighted by atomic mass is 10.00. The topological polar surface area (TPSA) is 9.23 Å². The van der Waals surface area contributed by atoms with Crippen molar-refractivity contribution in [3.05, 3.63) is 64.7 Å². The molecule has 1 heterocycles. The van der Waals surface area contributed by atoms with E-state index in [2.05, 4.69) is 0 Å². The van der Waals surface area contributed by atoms with Crippen molar-refractivity contribution in [1.82, 2.24) is 0 Å². The van der Waals surface area contributed by atoms with Gasteiger partial charge < -0.3 is 4.74 Å². The summed E-state index contributed by atoms with van der Waals surface area (Å²) in [5.74, 6) is -0.440. The van der Waals surface area contributed by atoms with Crippen LogP contribution in [0.2, 0.25) is 0 Å². The summed E-state index contributed by atoms with van der Waals surface area (Å²) in [4.78, 5) is 0. The molecule has 4 heteroatoms. The van der Waals surface area contributed by atoms with Crippen LogP contribution in [-0.2, 0) is 6.42 Å². The van der Waals surface area contributed by atoms with E-state index in [-0.39, 0.29) is 11.7 Å². The number of alkyl halides is 1. The van der Waals surface area contributed by atoms with Crippen LogP contribution in [0.25, 0.3) is 0 Å². The first kappa shape index (κ1) is 13.4. The van der Waals surface area contributed by atoms with E-state index in [0.717, 1.165) is 17.7 Å². The molecule has 1 aliphatic rings. The summed E-state index contributed by atoms with van der Waals surface area (Å²) in [5, 5.41) is -0.850. The quantitative estimate of drug-likeness (QED) is 0.735. The van der Waals surface area contributed by atoms with E-state index in [1.54, 1.807) is 6.07 Å². The number of rotatable bonds is 2. The van der Waals surface area contributed by atoms with Crippen molar-refractivity contribution in [3.8, 4) is 5.75 Å². The lowest BCUT2D eigenvalue weighted by molar-refractivity contribution is 0.254. The molecule has 0 aliphatic carbocycles. The molecule has 0 N–H and O–H groups in total. The van der Waals surface area contributed by atoms with Gasteiger partial charge >= 0.3 is 0 Å². The molecule has 0 amide bonds. The predicted octanol–water partition coefficient (Wildman–Crippen LogP) is 4.62. The van der Waals surface area contributed by atoms with Gasteiger partial charge in [-0.1, -0.05) is 18.2 Å². The third kappa shape index (κ3) is 2.27. The van der Waals surface area contributed by atoms with Gasteiger partial charge in [-0.15, -0.1) is 11.6 Å². The van der Waals surface area contributed by atoms with Crippen LogP contribution in [0.5, 0.6) is 5.75 Å². The maximum absolute atomic E-state index is 13.8. The molecular weight excluding hydrogens is 282 g/mol. The third-order valence-corrected chi connectivity index (χ3v) is 3.94. The fourth-order valence-corrected chi connectivity index (χ4v) is 2.86. The largest absolute Gasteiger partial charge is 0.490 e. The zero-order valence-electron chi connectivity index (χ0n) is 10.9. The van der Waals surface area contributed by atoms with Crippen molar-refractivity contribution in [3.63, 3.8) is 0 Å². The van der Waals surface area contributed by atoms with Gasteiger partial charge in [0.25, 0.3) is 0 Å². The highest BCUT2D eigenvalue weighted by Crippen LogP contribution is 2.37. The Kier molecular flexibility index (Phi) is 3.38. The van der Waals surface area contributed by atoms with Crippen LogP contribution in [0, 0.1) is 11.6 Å². The van der Waals surface area contributed by atoms with E-state index in [1.165, 1.54) is 18.2 Å². The van der Waals surface area contributed by atoms with Gasteiger partial charge in [0.1, 0.15) is 23.5 Å². The fourth-order valence-electron chi connectivity index (χ4n) is 2.52. The number of halogens is 3. The highest BCUT2D eigenvalue weighted by molar-refractivity contribution is 6.22. The first-order valence-corrected chi connectivity index (χ1v) is 6.87. The van der Waals surface area contributed by atoms with Gasteiger partial charge in [0.15, 0.2) is 0 Å². The molecule has 3 rings (SSSR count). The second kappa shape index (κ2) is 5.06. The van der Waals surface area contributed by atoms with Gasteiger partial charge in [-0.05, 0) is 36.2 Å². The van der Waals surface area contributed by atoms with Gasteiger partial charge in [-0.3, -0.25) is 0 Å². The Labute approximate surface area is 121 Å². The second-order valence-corrected chi connectivity index (χ2v) is 5.43. The van der Waals surface area contributed by atoms with Gasteiger partial charge in [-0.2, -0.15) is 0 Å². The summed E-state index contributed by atoms with van der Waals surface area (Å²) in [6.07, 6.45) is 0.909. The van der Waals surface area contributed by atoms with Crippen molar-refractivity contribution in [2.24, 2.45) is 0 Å². The van der Waals surface area contributed by atoms with Crippen LogP contribution < -0.4 is 4.74 Å². The number of benzene rings is 2. The molecule has 20 heavy (non-hydrogen) atoms. The maximum atomic E-state index is 13.8. The van der Waals surface area contributed by atoms with E-state index >= 15 is 0 Å². The smallest absolute Gasteiger partial charge is 0.131 e. The molecule has 0 spiro atoms. The summed E-state index contributed by atoms with van der Waals surface area (Å²) < 4.78 is 33.2. The Morgan fingerprint density at radius 1 is 1.20 bits per heavy atom. The summed E-state index contributed by atoms with van der Waals surface area (Å²) in [7, 11) is 0. The Bertz CT molecular complexity index is 637. The first-order chi connectivity index (χ1) is 9.56. The van der Waals surface area contributed by atoms with Crippen LogP contribution in [0.4, 0.5) is 8.78 Å². The zero-order chi connectivity index (χ0) is 14.3. The molecule has 2 aromatic rings. The molecule has 1 nitrogen and oxygen atoms in total. The van der Waals surface area contributed by atoms with E-state index in [4.69, 9.17) is 16.3 Å². The molecule has 0 fully saturated rings. The summed E-state index contributed by atoms with van der Waals surface area (Å²) in [5.41, 5.74) is 1.59. The molecule has 2 atom stereocenters. The number of hydrogen-bond acceptors (Lipinski definition) is 1. The predicted molar refractivity (Wildman–Crippen MR) is 74.3 cm³/mol. The van der Waals surface area contributed by atoms with Gasteiger partial charge in [0, 0.05) is 12.0 Å². The monoisotopic (exact) mass is 294 g/mol. The lowest BCUT2D eigenvalue weighted by Crippen LogP contribution is -2.05. The molecular formula is C16H13ClF2O. The first-order valence-electron chi connectivity index (χ1n) is 6.43. The van der Waals surface area contributed by atoms with Crippen LogP contribution in [0.1, 0.15) is 29.0 Å². The molecule has 0 saturated carbocycles. The molecule has 0 bridgehead atoms. The number of hydrogen-bond donors (Lipinski definition) is 0. The minimum atomic E-state index is -0.850. The van der Waals surface area contributed by atoms with Crippen molar-refractivity contribution < 1.29 is 13.5 Å². The normalized spacial score (nSPS) is 18.5. The second-order valence-electron chi connectivity index (χ2n) is 5.00. The molecule has 0 aromatic heterocycles. The van der Waals surface area contributed by atoms with E-state index in [9.17, 15) is 8.78 Å². The van der Waals surface area contributed by atoms with E-state index < -0.39 is 17.0 Å². The average molecular weight is 295 g/mol. The van der Waals surface area contributed by atoms with Gasteiger partial charge in [0.05, 0.1) is 5.38 Å². The average Bonchev–Trinajstić information content (AvgIpc) is 2.77. The minimum absolute atomic E-state index is 0.110. The minimum Gasteiger partial charge on any atom is -0.490 e. The van der Waals surface area contributed by atoms with Crippen LogP contribution in [-0.4, -0.2) is 6.10 Å². The van der Waals surface area contributed by atoms with Gasteiger partial charge in [0.2, 0.25) is 0 Å². The third-order valence-electron chi connectivity index (χ3n) is 3.47. The Morgan fingerprint density at radius 2 is 1.90 bits per heavy atom. The summed E-state index contributed by atoms with van der Waals surface area (Å²) in [6.45, 7) is 1.98. The highest BCUT2D eigenvalue weighted by Gasteiger charge is 2.23. The van der Waals surface area contributed by atoms with Crippen LogP contribution in [0.15, 0.2) is 36.4 Å². The summed E-state index contributed by atoms with van der Waals surface area (Å²) in [6, 6.07) is 9.18. The van der Waals surface area contributed by atoms with Gasteiger partial charge in [-0.25, -0.2) is 8.78 Å². The van der Waals surface area contributed by atoms with Crippen molar-refractivity contribution >= 4 is 11.6 Å². The molecule has 2 aromatic carbocycles. The molecule has 104 valence electrons. The maximum Gasteiger partial charge on any atom is 0.131 e. The van der Waals surface area contributed by atoms with Crippen LogP contribution >= 0.6 is 11.6 Å². The standard InChI is InChI=1S/C16H13ClF2O/c1-9-7-11-8-10(5-6-14(11)20-9)16(17)15-12(18)3-2-4-13(15)19/h2-6,8-9,16H,7H2,1H3. The number of ether oxygens (including phenoxy) is 1. The van der Waals surface area contributed by atoms with E-state index in [0.29, 0.717) is 5.56 Å². The molecule has 1 aliphatic heterocycles. The molecule has 0 saturated heterocycles. The Morgan fingerprint density at radius 3 is 2.60 bits per heavy atom. The fraction of sp³-hybridized carbons (Fsp3) is 0.250. The lowest BCUT2D eigenvalue weighted by Gasteiger charge is -2.13. The van der Waals surface area contributed by atoms with Crippen molar-refractivity contribution in [2.45, 2.75) is 24.8 Å². The number of fused-ring (bicyclic) bond motifs is 1. The van der Waals surface area contributed by atoms with Crippen LogP contribution in [0.3, 0.4) is 0 Å². The Hall–Kier alpha value is -1.61. The highest BCUT2D eigenvalue weighted by atomic mass is 35.5.